The van der Waals surface area contributed by atoms with E-state index in [1.807, 2.05) is 48.6 Å². The van der Waals surface area contributed by atoms with E-state index in [1.165, 1.54) is 0 Å². The average molecular weight is 273 g/mol. The molecule has 1 aromatic rings. The molecule has 0 heterocycles. The Labute approximate surface area is 118 Å². The van der Waals surface area contributed by atoms with Crippen molar-refractivity contribution in [3.8, 4) is 11.5 Å². The van der Waals surface area contributed by atoms with E-state index in [1.54, 1.807) is 7.11 Å². The van der Waals surface area contributed by atoms with Crippen molar-refractivity contribution in [1.29, 1.82) is 0 Å². The molecular formula is C15H15NO2S. The van der Waals surface area contributed by atoms with E-state index in [0.717, 1.165) is 17.9 Å². The third kappa shape index (κ3) is 4.26. The van der Waals surface area contributed by atoms with Crippen molar-refractivity contribution >= 4 is 17.4 Å². The van der Waals surface area contributed by atoms with Crippen LogP contribution in [0.3, 0.4) is 0 Å². The minimum absolute atomic E-state index is 0.333. The Hall–Kier alpha value is -2.07. The molecule has 0 bridgehead atoms. The summed E-state index contributed by atoms with van der Waals surface area (Å²) in [6.07, 6.45) is 10.8. The lowest BCUT2D eigenvalue weighted by Gasteiger charge is -2.11. The first-order valence-electron chi connectivity index (χ1n) is 5.93. The highest BCUT2D eigenvalue weighted by Crippen LogP contribution is 2.17. The normalized spacial score (nSPS) is 13.4. The Kier molecular flexibility index (Phi) is 4.75. The lowest BCUT2D eigenvalue weighted by Crippen LogP contribution is -2.25. The summed E-state index contributed by atoms with van der Waals surface area (Å²) in [7, 11) is 1.63. The number of rotatable bonds is 3. The first-order valence-corrected chi connectivity index (χ1v) is 6.34. The molecule has 3 nitrogen and oxygen atoms in total. The average Bonchev–Trinajstić information content (AvgIpc) is 2.68. The van der Waals surface area contributed by atoms with Crippen LogP contribution in [0.15, 0.2) is 60.3 Å². The number of nitrogens with one attached hydrogen (secondary N) is 1. The van der Waals surface area contributed by atoms with Gasteiger partial charge in [0.1, 0.15) is 11.5 Å². The van der Waals surface area contributed by atoms with Gasteiger partial charge >= 0.3 is 0 Å². The van der Waals surface area contributed by atoms with Crippen molar-refractivity contribution in [2.24, 2.45) is 0 Å². The standard InChI is InChI=1S/C15H15NO2S/c1-17-13-8-10-14(11-9-13)18-15(19)16-12-6-4-2-3-5-7-12/h2-6,8-11H,7H2,1H3,(H,16,19). The molecular weight excluding hydrogens is 258 g/mol. The van der Waals surface area contributed by atoms with Crippen molar-refractivity contribution in [1.82, 2.24) is 5.32 Å². The zero-order valence-corrected chi connectivity index (χ0v) is 11.4. The van der Waals surface area contributed by atoms with E-state index in [0.29, 0.717) is 10.9 Å². The van der Waals surface area contributed by atoms with E-state index in [-0.39, 0.29) is 0 Å². The molecule has 2 rings (SSSR count). The maximum absolute atomic E-state index is 5.53. The molecule has 4 heteroatoms. The quantitative estimate of drug-likeness (QED) is 0.856. The predicted molar refractivity (Wildman–Crippen MR) is 80.3 cm³/mol. The number of hydrogen-bond donors (Lipinski definition) is 1. The number of hydrogen-bond acceptors (Lipinski definition) is 3. The maximum Gasteiger partial charge on any atom is 0.266 e. The van der Waals surface area contributed by atoms with Crippen LogP contribution in [0.4, 0.5) is 0 Å². The van der Waals surface area contributed by atoms with Crippen molar-refractivity contribution in [3.05, 3.63) is 60.3 Å². The summed E-state index contributed by atoms with van der Waals surface area (Å²) < 4.78 is 10.6. The molecule has 0 amide bonds. The molecule has 0 radical (unpaired) electrons. The van der Waals surface area contributed by atoms with E-state index >= 15 is 0 Å². The molecule has 0 spiro atoms. The summed E-state index contributed by atoms with van der Waals surface area (Å²) in [6, 6.07) is 7.28. The highest BCUT2D eigenvalue weighted by atomic mass is 32.1. The SMILES string of the molecule is COc1ccc(OC(=S)NC2=CC=CC=CC2)cc1. The number of thiocarbonyl (C=S) groups is 1. The molecule has 0 atom stereocenters. The van der Waals surface area contributed by atoms with Gasteiger partial charge in [-0.15, -0.1) is 0 Å². The molecule has 0 aromatic heterocycles. The van der Waals surface area contributed by atoms with Gasteiger partial charge in [-0.1, -0.05) is 24.3 Å². The molecule has 1 aromatic carbocycles. The Morgan fingerprint density at radius 1 is 1.11 bits per heavy atom. The molecule has 1 aliphatic carbocycles. The van der Waals surface area contributed by atoms with Crippen LogP contribution in [-0.2, 0) is 0 Å². The Morgan fingerprint density at radius 2 is 1.84 bits per heavy atom. The second kappa shape index (κ2) is 6.75. The van der Waals surface area contributed by atoms with Crippen molar-refractivity contribution in [2.45, 2.75) is 6.42 Å². The zero-order valence-electron chi connectivity index (χ0n) is 10.6. The third-order valence-electron chi connectivity index (χ3n) is 2.53. The molecule has 98 valence electrons. The maximum atomic E-state index is 5.53. The van der Waals surface area contributed by atoms with E-state index < -0.39 is 0 Å². The van der Waals surface area contributed by atoms with Gasteiger partial charge in [-0.2, -0.15) is 0 Å². The van der Waals surface area contributed by atoms with Gasteiger partial charge in [-0.05, 0) is 42.6 Å². The Morgan fingerprint density at radius 3 is 2.58 bits per heavy atom. The predicted octanol–water partition coefficient (Wildman–Crippen LogP) is 3.35. The van der Waals surface area contributed by atoms with E-state index in [9.17, 15) is 0 Å². The van der Waals surface area contributed by atoms with Gasteiger partial charge < -0.3 is 14.8 Å². The van der Waals surface area contributed by atoms with Crippen molar-refractivity contribution < 1.29 is 9.47 Å². The molecule has 1 N–H and O–H groups in total. The molecule has 0 saturated carbocycles. The van der Waals surface area contributed by atoms with Crippen LogP contribution in [0.1, 0.15) is 6.42 Å². The van der Waals surface area contributed by atoms with Crippen LogP contribution in [0, 0.1) is 0 Å². The van der Waals surface area contributed by atoms with Crippen LogP contribution >= 0.6 is 12.2 Å². The summed E-state index contributed by atoms with van der Waals surface area (Å²) >= 11 is 5.17. The summed E-state index contributed by atoms with van der Waals surface area (Å²) in [6.45, 7) is 0. The second-order valence-corrected chi connectivity index (χ2v) is 4.27. The Balaban J connectivity index is 1.91. The number of methoxy groups -OCH3 is 1. The van der Waals surface area contributed by atoms with Crippen molar-refractivity contribution in [2.75, 3.05) is 7.11 Å². The number of ether oxygens (including phenoxy) is 2. The second-order valence-electron chi connectivity index (χ2n) is 3.90. The minimum Gasteiger partial charge on any atom is -0.497 e. The third-order valence-corrected chi connectivity index (χ3v) is 2.71. The molecule has 0 saturated heterocycles. The van der Waals surface area contributed by atoms with Gasteiger partial charge in [-0.25, -0.2) is 0 Å². The fourth-order valence-corrected chi connectivity index (χ4v) is 1.80. The summed E-state index contributed by atoms with van der Waals surface area (Å²) in [4.78, 5) is 0. The molecule has 0 unspecified atom stereocenters. The fourth-order valence-electron chi connectivity index (χ4n) is 1.58. The summed E-state index contributed by atoms with van der Waals surface area (Å²) in [5, 5.41) is 3.41. The molecule has 0 fully saturated rings. The highest BCUT2D eigenvalue weighted by molar-refractivity contribution is 7.80. The van der Waals surface area contributed by atoms with Crippen LogP contribution in [0.5, 0.6) is 11.5 Å². The van der Waals surface area contributed by atoms with Crippen LogP contribution in [0.2, 0.25) is 0 Å². The van der Waals surface area contributed by atoms with Crippen LogP contribution < -0.4 is 14.8 Å². The number of benzene rings is 1. The summed E-state index contributed by atoms with van der Waals surface area (Å²) in [5.74, 6) is 1.46. The number of allylic oxidation sites excluding steroid dienone is 5. The molecule has 0 aliphatic heterocycles. The zero-order chi connectivity index (χ0) is 13.5. The lowest BCUT2D eigenvalue weighted by molar-refractivity contribution is 0.414. The van der Waals surface area contributed by atoms with E-state index in [4.69, 9.17) is 21.7 Å². The molecule has 1 aliphatic rings. The largest absolute Gasteiger partial charge is 0.497 e. The first-order chi connectivity index (χ1) is 9.28. The van der Waals surface area contributed by atoms with Crippen molar-refractivity contribution in [3.63, 3.8) is 0 Å². The Bertz CT molecular complexity index is 530. The van der Waals surface area contributed by atoms with Gasteiger partial charge in [-0.3, -0.25) is 0 Å². The van der Waals surface area contributed by atoms with Gasteiger partial charge in [0.05, 0.1) is 7.11 Å². The first kappa shape index (κ1) is 13.4. The van der Waals surface area contributed by atoms with Crippen LogP contribution in [0.25, 0.3) is 0 Å². The minimum atomic E-state index is 0.333. The smallest absolute Gasteiger partial charge is 0.266 e. The van der Waals surface area contributed by atoms with Gasteiger partial charge in [0, 0.05) is 12.1 Å². The van der Waals surface area contributed by atoms with Gasteiger partial charge in [0.15, 0.2) is 0 Å². The van der Waals surface area contributed by atoms with Gasteiger partial charge in [0.2, 0.25) is 0 Å². The van der Waals surface area contributed by atoms with Gasteiger partial charge in [0.25, 0.3) is 5.17 Å². The van der Waals surface area contributed by atoms with Crippen LogP contribution in [-0.4, -0.2) is 12.3 Å². The topological polar surface area (TPSA) is 30.5 Å². The monoisotopic (exact) mass is 273 g/mol. The lowest BCUT2D eigenvalue weighted by atomic mass is 10.3. The molecule has 19 heavy (non-hydrogen) atoms. The van der Waals surface area contributed by atoms with E-state index in [2.05, 4.69) is 11.4 Å². The fraction of sp³-hybridized carbons (Fsp3) is 0.133. The summed E-state index contributed by atoms with van der Waals surface area (Å²) in [5.41, 5.74) is 1.00. The highest BCUT2D eigenvalue weighted by Gasteiger charge is 2.03.